The van der Waals surface area contributed by atoms with Crippen molar-refractivity contribution in [3.8, 4) is 11.5 Å². The van der Waals surface area contributed by atoms with Gasteiger partial charge in [-0.2, -0.15) is 0 Å². The van der Waals surface area contributed by atoms with Crippen molar-refractivity contribution in [2.75, 3.05) is 7.11 Å². The maximum absolute atomic E-state index is 10.1. The van der Waals surface area contributed by atoms with Crippen LogP contribution in [-0.4, -0.2) is 12.2 Å². The largest absolute Gasteiger partial charge is 0.508 e. The van der Waals surface area contributed by atoms with Crippen molar-refractivity contribution >= 4 is 0 Å². The Morgan fingerprint density at radius 3 is 1.82 bits per heavy atom. The number of phenolic OH excluding ortho intramolecular Hbond substituents is 1. The highest BCUT2D eigenvalue weighted by Crippen LogP contribution is 2.43. The number of aromatic hydroxyl groups is 1. The second-order valence-electron chi connectivity index (χ2n) is 6.54. The Bertz CT molecular complexity index is 406. The van der Waals surface area contributed by atoms with Gasteiger partial charge < -0.3 is 9.84 Å². The van der Waals surface area contributed by atoms with Gasteiger partial charge in [-0.25, -0.2) is 0 Å². The lowest BCUT2D eigenvalue weighted by Gasteiger charge is -2.29. The molecule has 0 saturated heterocycles. The van der Waals surface area contributed by atoms with Gasteiger partial charge in [0.05, 0.1) is 7.11 Å². The Hall–Kier alpha value is -1.18. The predicted molar refractivity (Wildman–Crippen MR) is 72.1 cm³/mol. The highest BCUT2D eigenvalue weighted by atomic mass is 16.5. The summed E-state index contributed by atoms with van der Waals surface area (Å²) in [6.07, 6.45) is 0. The number of hydrogen-bond acceptors (Lipinski definition) is 2. The maximum Gasteiger partial charge on any atom is 0.130 e. The van der Waals surface area contributed by atoms with Crippen LogP contribution in [0.3, 0.4) is 0 Å². The number of hydrogen-bond donors (Lipinski definition) is 1. The topological polar surface area (TPSA) is 29.5 Å². The third-order valence-corrected chi connectivity index (χ3v) is 2.90. The maximum atomic E-state index is 10.1. The number of benzene rings is 1. The molecule has 0 fully saturated rings. The molecule has 2 heteroatoms. The van der Waals surface area contributed by atoms with Crippen LogP contribution < -0.4 is 4.74 Å². The first-order valence-electron chi connectivity index (χ1n) is 6.00. The van der Waals surface area contributed by atoms with E-state index in [1.807, 2.05) is 6.07 Å². The summed E-state index contributed by atoms with van der Waals surface area (Å²) in [5, 5.41) is 10.1. The predicted octanol–water partition coefficient (Wildman–Crippen LogP) is 4.00. The molecule has 1 N–H and O–H groups in total. The van der Waals surface area contributed by atoms with E-state index in [4.69, 9.17) is 4.74 Å². The van der Waals surface area contributed by atoms with E-state index >= 15 is 0 Å². The molecule has 2 nitrogen and oxygen atoms in total. The van der Waals surface area contributed by atoms with Crippen molar-refractivity contribution < 1.29 is 9.84 Å². The second-order valence-corrected chi connectivity index (χ2v) is 6.54. The van der Waals surface area contributed by atoms with Gasteiger partial charge in [0.2, 0.25) is 0 Å². The zero-order valence-electron chi connectivity index (χ0n) is 12.0. The molecule has 0 aliphatic rings. The van der Waals surface area contributed by atoms with E-state index in [-0.39, 0.29) is 10.8 Å². The first kappa shape index (κ1) is 13.9. The highest BCUT2D eigenvalue weighted by molar-refractivity contribution is 5.54. The summed E-state index contributed by atoms with van der Waals surface area (Å²) in [5.41, 5.74) is 1.87. The molecule has 0 spiro atoms. The van der Waals surface area contributed by atoms with Crippen molar-refractivity contribution in [2.24, 2.45) is 0 Å². The van der Waals surface area contributed by atoms with Crippen LogP contribution in [0.2, 0.25) is 0 Å². The van der Waals surface area contributed by atoms with E-state index in [1.54, 1.807) is 13.2 Å². The quantitative estimate of drug-likeness (QED) is 0.798. The Morgan fingerprint density at radius 2 is 1.47 bits per heavy atom. The molecule has 1 aromatic rings. The molecule has 0 aliphatic carbocycles. The van der Waals surface area contributed by atoms with Crippen LogP contribution in [0.5, 0.6) is 11.5 Å². The SMILES string of the molecule is COc1c(C(C)(C)C)ccc(O)c1C(C)(C)C. The van der Waals surface area contributed by atoms with E-state index in [2.05, 4.69) is 41.5 Å². The fourth-order valence-electron chi connectivity index (χ4n) is 2.10. The van der Waals surface area contributed by atoms with E-state index in [9.17, 15) is 5.11 Å². The van der Waals surface area contributed by atoms with E-state index in [0.717, 1.165) is 16.9 Å². The second kappa shape index (κ2) is 4.25. The van der Waals surface area contributed by atoms with Gasteiger partial charge in [0.1, 0.15) is 11.5 Å². The van der Waals surface area contributed by atoms with Gasteiger partial charge in [0.15, 0.2) is 0 Å². The third-order valence-electron chi connectivity index (χ3n) is 2.90. The molecule has 1 aromatic carbocycles. The van der Waals surface area contributed by atoms with E-state index in [0.29, 0.717) is 5.75 Å². The van der Waals surface area contributed by atoms with Crippen LogP contribution in [-0.2, 0) is 10.8 Å². The van der Waals surface area contributed by atoms with Crippen LogP contribution in [0.1, 0.15) is 52.7 Å². The lowest BCUT2D eigenvalue weighted by molar-refractivity contribution is 0.368. The molecular formula is C15H24O2. The molecule has 0 amide bonds. The minimum Gasteiger partial charge on any atom is -0.508 e. The minimum absolute atomic E-state index is 0.000949. The summed E-state index contributed by atoms with van der Waals surface area (Å²) in [5.74, 6) is 1.12. The molecule has 0 unspecified atom stereocenters. The monoisotopic (exact) mass is 236 g/mol. The standard InChI is InChI=1S/C15H24O2/c1-14(2,3)10-8-9-11(16)12(13(10)17-7)15(4,5)6/h8-9,16H,1-7H3. The zero-order chi connectivity index (χ0) is 13.4. The molecule has 0 aromatic heterocycles. The summed E-state index contributed by atoms with van der Waals surface area (Å²) in [6, 6.07) is 3.72. The zero-order valence-corrected chi connectivity index (χ0v) is 12.0. The van der Waals surface area contributed by atoms with Crippen molar-refractivity contribution in [3.05, 3.63) is 23.3 Å². The van der Waals surface area contributed by atoms with Gasteiger partial charge in [-0.1, -0.05) is 47.6 Å². The normalized spacial score (nSPS) is 12.6. The molecule has 0 aliphatic heterocycles. The van der Waals surface area contributed by atoms with Crippen LogP contribution in [0.15, 0.2) is 12.1 Å². The Kier molecular flexibility index (Phi) is 3.47. The molecule has 1 rings (SSSR count). The lowest BCUT2D eigenvalue weighted by Crippen LogP contribution is -2.19. The average molecular weight is 236 g/mol. The Labute approximate surface area is 105 Å². The molecule has 0 radical (unpaired) electrons. The van der Waals surface area contributed by atoms with Crippen LogP contribution in [0, 0.1) is 0 Å². The molecule has 96 valence electrons. The van der Waals surface area contributed by atoms with Crippen molar-refractivity contribution in [1.29, 1.82) is 0 Å². The molecule has 17 heavy (non-hydrogen) atoms. The van der Waals surface area contributed by atoms with Crippen LogP contribution in [0.25, 0.3) is 0 Å². The minimum atomic E-state index is -0.142. The fraction of sp³-hybridized carbons (Fsp3) is 0.600. The number of phenols is 1. The number of rotatable bonds is 1. The molecule has 0 atom stereocenters. The molecule has 0 bridgehead atoms. The summed E-state index contributed by atoms with van der Waals surface area (Å²) < 4.78 is 5.55. The van der Waals surface area contributed by atoms with Gasteiger partial charge in [0, 0.05) is 11.1 Å². The molecule has 0 heterocycles. The summed E-state index contributed by atoms with van der Waals surface area (Å²) >= 11 is 0. The smallest absolute Gasteiger partial charge is 0.130 e. The summed E-state index contributed by atoms with van der Waals surface area (Å²) in [7, 11) is 1.67. The highest BCUT2D eigenvalue weighted by Gasteiger charge is 2.28. The van der Waals surface area contributed by atoms with Crippen molar-refractivity contribution in [3.63, 3.8) is 0 Å². The van der Waals surface area contributed by atoms with E-state index < -0.39 is 0 Å². The van der Waals surface area contributed by atoms with E-state index in [1.165, 1.54) is 0 Å². The van der Waals surface area contributed by atoms with Gasteiger partial charge in [-0.05, 0) is 16.9 Å². The van der Waals surface area contributed by atoms with Gasteiger partial charge in [-0.15, -0.1) is 0 Å². The number of methoxy groups -OCH3 is 1. The van der Waals surface area contributed by atoms with Gasteiger partial charge in [0.25, 0.3) is 0 Å². The lowest BCUT2D eigenvalue weighted by atomic mass is 9.79. The van der Waals surface area contributed by atoms with Crippen molar-refractivity contribution in [1.82, 2.24) is 0 Å². The van der Waals surface area contributed by atoms with Crippen molar-refractivity contribution in [2.45, 2.75) is 52.4 Å². The first-order valence-corrected chi connectivity index (χ1v) is 6.00. The van der Waals surface area contributed by atoms with Crippen LogP contribution >= 0.6 is 0 Å². The summed E-state index contributed by atoms with van der Waals surface area (Å²) in [4.78, 5) is 0. The molecule has 0 saturated carbocycles. The summed E-state index contributed by atoms with van der Waals surface area (Å²) in [6.45, 7) is 12.7. The van der Waals surface area contributed by atoms with Crippen LogP contribution in [0.4, 0.5) is 0 Å². The number of ether oxygens (including phenoxy) is 1. The Morgan fingerprint density at radius 1 is 0.941 bits per heavy atom. The first-order chi connectivity index (χ1) is 7.59. The average Bonchev–Trinajstić information content (AvgIpc) is 2.12. The van der Waals surface area contributed by atoms with Gasteiger partial charge >= 0.3 is 0 Å². The third kappa shape index (κ3) is 2.74. The van der Waals surface area contributed by atoms with Gasteiger partial charge in [-0.3, -0.25) is 0 Å². The molecular weight excluding hydrogens is 212 g/mol. The fourth-order valence-corrected chi connectivity index (χ4v) is 2.10. The Balaban J connectivity index is 3.60.